The maximum Gasteiger partial charge on any atom is 0.115 e. The van der Waals surface area contributed by atoms with Gasteiger partial charge in [0, 0.05) is 5.41 Å². The fraction of sp³-hybridized carbons (Fsp3) is 0.538. The largest absolute Gasteiger partial charge is 0.508 e. The highest BCUT2D eigenvalue weighted by atomic mass is 16.3. The van der Waals surface area contributed by atoms with Crippen LogP contribution < -0.4 is 0 Å². The molecule has 2 aliphatic carbocycles. The zero-order valence-electron chi connectivity index (χ0n) is 16.9. The standard InChI is InChI=1S/C26H34O2/c27-24-12-8-22(9-13-24)26(23-10-14-25(28)15-11-23)18-16-21(17-19-26)7-6-20-4-2-1-3-5-20/h8-15,20-21,27-28H,1-7,16-19H2. The van der Waals surface area contributed by atoms with E-state index < -0.39 is 0 Å². The summed E-state index contributed by atoms with van der Waals surface area (Å²) in [6, 6.07) is 15.6. The van der Waals surface area contributed by atoms with E-state index in [2.05, 4.69) is 24.3 Å². The molecule has 0 atom stereocenters. The summed E-state index contributed by atoms with van der Waals surface area (Å²) in [6.45, 7) is 0. The van der Waals surface area contributed by atoms with E-state index >= 15 is 0 Å². The van der Waals surface area contributed by atoms with Crippen molar-refractivity contribution in [2.24, 2.45) is 11.8 Å². The van der Waals surface area contributed by atoms with Crippen LogP contribution in [0.3, 0.4) is 0 Å². The van der Waals surface area contributed by atoms with Crippen LogP contribution in [0.2, 0.25) is 0 Å². The number of aromatic hydroxyl groups is 2. The van der Waals surface area contributed by atoms with E-state index in [1.54, 1.807) is 0 Å². The minimum Gasteiger partial charge on any atom is -0.508 e. The van der Waals surface area contributed by atoms with Gasteiger partial charge in [0.25, 0.3) is 0 Å². The van der Waals surface area contributed by atoms with Crippen LogP contribution >= 0.6 is 0 Å². The Hall–Kier alpha value is -1.96. The van der Waals surface area contributed by atoms with Crippen LogP contribution in [0, 0.1) is 11.8 Å². The molecule has 2 aromatic rings. The van der Waals surface area contributed by atoms with E-state index in [1.807, 2.05) is 24.3 Å². The number of hydrogen-bond acceptors (Lipinski definition) is 2. The van der Waals surface area contributed by atoms with Gasteiger partial charge in [-0.3, -0.25) is 0 Å². The quantitative estimate of drug-likeness (QED) is 0.592. The van der Waals surface area contributed by atoms with Gasteiger partial charge in [-0.15, -0.1) is 0 Å². The molecule has 0 aromatic heterocycles. The molecule has 28 heavy (non-hydrogen) atoms. The average Bonchev–Trinajstić information content (AvgIpc) is 2.74. The molecule has 0 amide bonds. The van der Waals surface area contributed by atoms with Crippen molar-refractivity contribution in [3.63, 3.8) is 0 Å². The summed E-state index contributed by atoms with van der Waals surface area (Å²) >= 11 is 0. The Bertz CT molecular complexity index is 686. The number of rotatable bonds is 5. The molecule has 0 radical (unpaired) electrons. The lowest BCUT2D eigenvalue weighted by atomic mass is 9.62. The van der Waals surface area contributed by atoms with Crippen LogP contribution in [-0.2, 0) is 5.41 Å². The van der Waals surface area contributed by atoms with Gasteiger partial charge in [0.1, 0.15) is 11.5 Å². The van der Waals surface area contributed by atoms with Gasteiger partial charge in [-0.05, 0) is 72.9 Å². The molecule has 2 aliphatic rings. The highest BCUT2D eigenvalue weighted by Crippen LogP contribution is 2.48. The van der Waals surface area contributed by atoms with Gasteiger partial charge in [-0.1, -0.05) is 69.2 Å². The first-order chi connectivity index (χ1) is 13.7. The summed E-state index contributed by atoms with van der Waals surface area (Å²) in [5, 5.41) is 19.5. The summed E-state index contributed by atoms with van der Waals surface area (Å²) in [5.74, 6) is 2.48. The SMILES string of the molecule is Oc1ccc(C2(c3ccc(O)cc3)CCC(CCC3CCCCC3)CC2)cc1. The second kappa shape index (κ2) is 8.59. The van der Waals surface area contributed by atoms with Gasteiger partial charge in [0.2, 0.25) is 0 Å². The Morgan fingerprint density at radius 3 is 1.50 bits per heavy atom. The fourth-order valence-electron chi connectivity index (χ4n) is 5.71. The molecule has 2 heteroatoms. The van der Waals surface area contributed by atoms with E-state index in [0.717, 1.165) is 24.7 Å². The minimum absolute atomic E-state index is 0.00272. The lowest BCUT2D eigenvalue weighted by molar-refractivity contribution is 0.229. The maximum atomic E-state index is 9.75. The third-order valence-electron chi connectivity index (χ3n) is 7.51. The minimum atomic E-state index is 0.00272. The first-order valence-corrected chi connectivity index (χ1v) is 11.2. The van der Waals surface area contributed by atoms with Crippen molar-refractivity contribution in [1.82, 2.24) is 0 Å². The van der Waals surface area contributed by atoms with Gasteiger partial charge >= 0.3 is 0 Å². The number of phenolic OH excluding ortho intramolecular Hbond substituents is 2. The Morgan fingerprint density at radius 1 is 0.607 bits per heavy atom. The molecule has 0 spiro atoms. The first kappa shape index (κ1) is 19.4. The predicted molar refractivity (Wildman–Crippen MR) is 115 cm³/mol. The molecule has 4 rings (SSSR count). The molecule has 2 saturated carbocycles. The normalized spacial score (nSPS) is 20.9. The fourth-order valence-corrected chi connectivity index (χ4v) is 5.71. The van der Waals surface area contributed by atoms with Crippen molar-refractivity contribution in [3.05, 3.63) is 59.7 Å². The lowest BCUT2D eigenvalue weighted by Gasteiger charge is -2.42. The van der Waals surface area contributed by atoms with E-state index in [1.165, 1.54) is 68.9 Å². The van der Waals surface area contributed by atoms with Crippen LogP contribution in [0.1, 0.15) is 81.8 Å². The van der Waals surface area contributed by atoms with Crippen molar-refractivity contribution >= 4 is 0 Å². The molecular weight excluding hydrogens is 344 g/mol. The van der Waals surface area contributed by atoms with E-state index in [9.17, 15) is 10.2 Å². The van der Waals surface area contributed by atoms with Gasteiger partial charge in [-0.25, -0.2) is 0 Å². The molecule has 150 valence electrons. The Kier molecular flexibility index (Phi) is 5.94. The average molecular weight is 379 g/mol. The Morgan fingerprint density at radius 2 is 1.04 bits per heavy atom. The summed E-state index contributed by atoms with van der Waals surface area (Å²) in [7, 11) is 0. The number of benzene rings is 2. The molecule has 0 bridgehead atoms. The lowest BCUT2D eigenvalue weighted by Crippen LogP contribution is -2.33. The second-order valence-electron chi connectivity index (χ2n) is 9.20. The number of phenols is 2. The molecule has 0 unspecified atom stereocenters. The predicted octanol–water partition coefficient (Wildman–Crippen LogP) is 6.93. The van der Waals surface area contributed by atoms with Gasteiger partial charge in [0.15, 0.2) is 0 Å². The third kappa shape index (κ3) is 4.21. The van der Waals surface area contributed by atoms with Crippen molar-refractivity contribution in [1.29, 1.82) is 0 Å². The monoisotopic (exact) mass is 378 g/mol. The van der Waals surface area contributed by atoms with E-state index in [-0.39, 0.29) is 5.41 Å². The van der Waals surface area contributed by atoms with Crippen molar-refractivity contribution < 1.29 is 10.2 Å². The summed E-state index contributed by atoms with van der Waals surface area (Å²) in [4.78, 5) is 0. The van der Waals surface area contributed by atoms with Crippen LogP contribution in [0.25, 0.3) is 0 Å². The van der Waals surface area contributed by atoms with Gasteiger partial charge < -0.3 is 10.2 Å². The van der Waals surface area contributed by atoms with E-state index in [4.69, 9.17) is 0 Å². The van der Waals surface area contributed by atoms with Gasteiger partial charge in [-0.2, -0.15) is 0 Å². The van der Waals surface area contributed by atoms with Gasteiger partial charge in [0.05, 0.1) is 0 Å². The summed E-state index contributed by atoms with van der Waals surface area (Å²) in [5.41, 5.74) is 2.59. The first-order valence-electron chi connectivity index (χ1n) is 11.2. The second-order valence-corrected chi connectivity index (χ2v) is 9.20. The van der Waals surface area contributed by atoms with E-state index in [0.29, 0.717) is 11.5 Å². The van der Waals surface area contributed by atoms with Crippen molar-refractivity contribution in [2.45, 2.75) is 76.0 Å². The molecule has 0 aliphatic heterocycles. The van der Waals surface area contributed by atoms with Crippen LogP contribution in [0.15, 0.2) is 48.5 Å². The topological polar surface area (TPSA) is 40.5 Å². The molecular formula is C26H34O2. The van der Waals surface area contributed by atoms with Crippen molar-refractivity contribution in [2.75, 3.05) is 0 Å². The summed E-state index contributed by atoms with van der Waals surface area (Å²) < 4.78 is 0. The van der Waals surface area contributed by atoms with Crippen molar-refractivity contribution in [3.8, 4) is 11.5 Å². The third-order valence-corrected chi connectivity index (χ3v) is 7.51. The number of hydrogen-bond donors (Lipinski definition) is 2. The zero-order chi connectivity index (χ0) is 19.4. The molecule has 0 heterocycles. The summed E-state index contributed by atoms with van der Waals surface area (Å²) in [6.07, 6.45) is 14.9. The zero-order valence-corrected chi connectivity index (χ0v) is 16.9. The van der Waals surface area contributed by atoms with Crippen LogP contribution in [-0.4, -0.2) is 10.2 Å². The van der Waals surface area contributed by atoms with Crippen LogP contribution in [0.4, 0.5) is 0 Å². The molecule has 0 saturated heterocycles. The highest BCUT2D eigenvalue weighted by molar-refractivity contribution is 5.43. The smallest absolute Gasteiger partial charge is 0.115 e. The molecule has 2 nitrogen and oxygen atoms in total. The molecule has 2 aromatic carbocycles. The Balaban J connectivity index is 1.48. The highest BCUT2D eigenvalue weighted by Gasteiger charge is 2.38. The Labute approximate surface area is 169 Å². The molecule has 2 N–H and O–H groups in total. The maximum absolute atomic E-state index is 9.75. The van der Waals surface area contributed by atoms with Crippen LogP contribution in [0.5, 0.6) is 11.5 Å². The molecule has 2 fully saturated rings.